The van der Waals surface area contributed by atoms with Crippen molar-refractivity contribution in [2.75, 3.05) is 6.54 Å². The highest BCUT2D eigenvalue weighted by Gasteiger charge is 1.98. The van der Waals surface area contributed by atoms with Gasteiger partial charge in [-0.15, -0.1) is 0 Å². The zero-order valence-corrected chi connectivity index (χ0v) is 18.0. The molecule has 2 nitrogen and oxygen atoms in total. The molecule has 0 aromatic rings. The molecule has 0 spiro atoms. The summed E-state index contributed by atoms with van der Waals surface area (Å²) in [7, 11) is 0. The Bertz CT molecular complexity index is 311. The van der Waals surface area contributed by atoms with E-state index in [1.165, 1.54) is 103 Å². The molecular formula is C24H47NO. The fourth-order valence-electron chi connectivity index (χ4n) is 3.35. The summed E-state index contributed by atoms with van der Waals surface area (Å²) >= 11 is 0. The topological polar surface area (TPSA) is 29.1 Å². The largest absolute Gasteiger partial charge is 0.356 e. The minimum Gasteiger partial charge on any atom is -0.356 e. The molecule has 0 aromatic carbocycles. The smallest absolute Gasteiger partial charge is 0.219 e. The Hall–Kier alpha value is -0.790. The van der Waals surface area contributed by atoms with Gasteiger partial charge in [0.2, 0.25) is 5.91 Å². The molecule has 0 heterocycles. The van der Waals surface area contributed by atoms with E-state index in [4.69, 9.17) is 0 Å². The van der Waals surface area contributed by atoms with Gasteiger partial charge in [0.25, 0.3) is 0 Å². The van der Waals surface area contributed by atoms with Crippen molar-refractivity contribution in [3.63, 3.8) is 0 Å². The number of unbranched alkanes of at least 4 members (excludes halogenated alkanes) is 15. The van der Waals surface area contributed by atoms with Gasteiger partial charge in [0, 0.05) is 13.0 Å². The van der Waals surface area contributed by atoms with E-state index in [-0.39, 0.29) is 5.91 Å². The van der Waals surface area contributed by atoms with Crippen LogP contribution in [0.5, 0.6) is 0 Å². The van der Waals surface area contributed by atoms with Crippen LogP contribution in [0.2, 0.25) is 0 Å². The van der Waals surface area contributed by atoms with Crippen molar-refractivity contribution in [3.8, 4) is 0 Å². The van der Waals surface area contributed by atoms with Crippen LogP contribution in [0.4, 0.5) is 0 Å². The number of hydrogen-bond acceptors (Lipinski definition) is 1. The summed E-state index contributed by atoms with van der Waals surface area (Å²) in [5.41, 5.74) is 0. The van der Waals surface area contributed by atoms with Crippen LogP contribution in [-0.4, -0.2) is 12.5 Å². The number of carbonyl (C=O) groups excluding carboxylic acids is 1. The first-order valence-electron chi connectivity index (χ1n) is 11.7. The summed E-state index contributed by atoms with van der Waals surface area (Å²) in [5.74, 6) is 0.216. The van der Waals surface area contributed by atoms with Crippen LogP contribution in [-0.2, 0) is 4.79 Å². The summed E-state index contributed by atoms with van der Waals surface area (Å²) in [4.78, 5) is 11.3. The highest BCUT2D eigenvalue weighted by molar-refractivity contribution is 5.75. The Morgan fingerprint density at radius 2 is 1.04 bits per heavy atom. The highest BCUT2D eigenvalue weighted by Crippen LogP contribution is 2.12. The van der Waals surface area contributed by atoms with Crippen LogP contribution >= 0.6 is 0 Å². The molecule has 1 N–H and O–H groups in total. The lowest BCUT2D eigenvalue weighted by Crippen LogP contribution is -2.21. The normalized spacial score (nSPS) is 11.3. The monoisotopic (exact) mass is 365 g/mol. The van der Waals surface area contributed by atoms with Crippen molar-refractivity contribution >= 4 is 5.91 Å². The van der Waals surface area contributed by atoms with Gasteiger partial charge in [-0.2, -0.15) is 0 Å². The van der Waals surface area contributed by atoms with Gasteiger partial charge < -0.3 is 5.32 Å². The van der Waals surface area contributed by atoms with E-state index in [0.717, 1.165) is 13.0 Å². The third-order valence-corrected chi connectivity index (χ3v) is 5.04. The van der Waals surface area contributed by atoms with Gasteiger partial charge in [-0.05, 0) is 39.0 Å². The second-order valence-electron chi connectivity index (χ2n) is 7.70. The van der Waals surface area contributed by atoms with E-state index in [9.17, 15) is 4.79 Å². The Kier molecular flexibility index (Phi) is 21.6. The summed E-state index contributed by atoms with van der Waals surface area (Å²) in [5, 5.41) is 2.86. The van der Waals surface area contributed by atoms with Gasteiger partial charge >= 0.3 is 0 Å². The third-order valence-electron chi connectivity index (χ3n) is 5.04. The molecule has 0 saturated carbocycles. The Morgan fingerprint density at radius 3 is 1.50 bits per heavy atom. The van der Waals surface area contributed by atoms with Crippen molar-refractivity contribution in [2.45, 2.75) is 129 Å². The summed E-state index contributed by atoms with van der Waals surface area (Å²) in [6.07, 6.45) is 28.3. The molecule has 0 aliphatic carbocycles. The van der Waals surface area contributed by atoms with E-state index in [0.29, 0.717) is 6.42 Å². The Balaban J connectivity index is 3.10. The molecule has 0 aromatic heterocycles. The Labute approximate surface area is 164 Å². The first kappa shape index (κ1) is 25.2. The van der Waals surface area contributed by atoms with Crippen molar-refractivity contribution in [1.82, 2.24) is 5.32 Å². The van der Waals surface area contributed by atoms with Gasteiger partial charge in [-0.1, -0.05) is 96.1 Å². The molecule has 0 aliphatic heterocycles. The maximum atomic E-state index is 11.3. The molecule has 26 heavy (non-hydrogen) atoms. The van der Waals surface area contributed by atoms with Crippen molar-refractivity contribution in [1.29, 1.82) is 0 Å². The number of amides is 1. The molecule has 0 unspecified atom stereocenters. The quantitative estimate of drug-likeness (QED) is 0.174. The molecule has 0 bridgehead atoms. The lowest BCUT2D eigenvalue weighted by molar-refractivity contribution is -0.121. The van der Waals surface area contributed by atoms with E-state index in [1.54, 1.807) is 0 Å². The maximum Gasteiger partial charge on any atom is 0.219 e. The van der Waals surface area contributed by atoms with Crippen molar-refractivity contribution in [2.24, 2.45) is 0 Å². The fraction of sp³-hybridized carbons (Fsp3) is 0.875. The van der Waals surface area contributed by atoms with Crippen molar-refractivity contribution in [3.05, 3.63) is 12.2 Å². The first-order chi connectivity index (χ1) is 12.8. The van der Waals surface area contributed by atoms with Crippen LogP contribution < -0.4 is 5.32 Å². The van der Waals surface area contributed by atoms with Crippen LogP contribution in [0, 0.1) is 0 Å². The third kappa shape index (κ3) is 21.3. The van der Waals surface area contributed by atoms with E-state index >= 15 is 0 Å². The molecule has 0 fully saturated rings. The predicted molar refractivity (Wildman–Crippen MR) is 117 cm³/mol. The molecular weight excluding hydrogens is 318 g/mol. The van der Waals surface area contributed by atoms with Gasteiger partial charge in [0.1, 0.15) is 0 Å². The second kappa shape index (κ2) is 22.3. The van der Waals surface area contributed by atoms with Gasteiger partial charge in [0.15, 0.2) is 0 Å². The minimum absolute atomic E-state index is 0.216. The van der Waals surface area contributed by atoms with E-state index in [1.807, 2.05) is 6.92 Å². The molecule has 1 amide bonds. The summed E-state index contributed by atoms with van der Waals surface area (Å²) < 4.78 is 0. The maximum absolute atomic E-state index is 11.3. The predicted octanol–water partition coefficient (Wildman–Crippen LogP) is 7.72. The molecule has 154 valence electrons. The highest BCUT2D eigenvalue weighted by atomic mass is 16.1. The molecule has 2 heteroatoms. The standard InChI is InChI=1S/C24H47NO/c1-3-5-6-7-8-9-10-11-12-13-14-15-16-17-18-19-20-21-22-23-24(26)25-4-2/h11-12H,3-10,13-23H2,1-2H3,(H,25,26). The SMILES string of the molecule is CCCCCCCCC=CCCCCCCCCCCCC(=O)NCC. The number of hydrogen-bond donors (Lipinski definition) is 1. The van der Waals surface area contributed by atoms with Crippen molar-refractivity contribution < 1.29 is 4.79 Å². The lowest BCUT2D eigenvalue weighted by atomic mass is 10.1. The fourth-order valence-corrected chi connectivity index (χ4v) is 3.35. The van der Waals surface area contributed by atoms with Crippen LogP contribution in [0.3, 0.4) is 0 Å². The lowest BCUT2D eigenvalue weighted by Gasteiger charge is -2.03. The molecule has 0 atom stereocenters. The van der Waals surface area contributed by atoms with Crippen LogP contribution in [0.15, 0.2) is 12.2 Å². The number of allylic oxidation sites excluding steroid dienone is 2. The Morgan fingerprint density at radius 1 is 0.615 bits per heavy atom. The van der Waals surface area contributed by atoms with E-state index in [2.05, 4.69) is 24.4 Å². The van der Waals surface area contributed by atoms with Gasteiger partial charge in [-0.3, -0.25) is 4.79 Å². The zero-order valence-electron chi connectivity index (χ0n) is 18.0. The average molecular weight is 366 g/mol. The van der Waals surface area contributed by atoms with Gasteiger partial charge in [-0.25, -0.2) is 0 Å². The summed E-state index contributed by atoms with van der Waals surface area (Å²) in [6.45, 7) is 5.01. The zero-order chi connectivity index (χ0) is 19.1. The minimum atomic E-state index is 0.216. The number of rotatable bonds is 20. The molecule has 0 rings (SSSR count). The number of nitrogens with one attached hydrogen (secondary N) is 1. The van der Waals surface area contributed by atoms with Gasteiger partial charge in [0.05, 0.1) is 0 Å². The first-order valence-corrected chi connectivity index (χ1v) is 11.7. The molecule has 0 saturated heterocycles. The number of carbonyl (C=O) groups is 1. The molecule has 0 radical (unpaired) electrons. The second-order valence-corrected chi connectivity index (χ2v) is 7.70. The van der Waals surface area contributed by atoms with Crippen LogP contribution in [0.1, 0.15) is 129 Å². The van der Waals surface area contributed by atoms with E-state index < -0.39 is 0 Å². The average Bonchev–Trinajstić information content (AvgIpc) is 2.64. The van der Waals surface area contributed by atoms with Crippen LogP contribution in [0.25, 0.3) is 0 Å². The summed E-state index contributed by atoms with van der Waals surface area (Å²) in [6, 6.07) is 0. The molecule has 0 aliphatic rings.